The molecule has 1 saturated heterocycles. The van der Waals surface area contributed by atoms with Gasteiger partial charge in [-0.1, -0.05) is 6.07 Å². The van der Waals surface area contributed by atoms with Gasteiger partial charge in [0.1, 0.15) is 5.82 Å². The third-order valence-electron chi connectivity index (χ3n) is 4.25. The monoisotopic (exact) mass is 299 g/mol. The van der Waals surface area contributed by atoms with E-state index in [1.807, 2.05) is 4.90 Å². The molecule has 1 aliphatic carbocycles. The predicted octanol–water partition coefficient (Wildman–Crippen LogP) is 2.84. The van der Waals surface area contributed by atoms with Gasteiger partial charge in [0.15, 0.2) is 0 Å². The highest BCUT2D eigenvalue weighted by molar-refractivity contribution is 5.89. The van der Waals surface area contributed by atoms with Gasteiger partial charge in [0.25, 0.3) is 0 Å². The van der Waals surface area contributed by atoms with Crippen molar-refractivity contribution < 1.29 is 22.7 Å². The summed E-state index contributed by atoms with van der Waals surface area (Å²) in [7, 11) is 1.24. The SMILES string of the molecule is COC(=O)c1ccc(CN2CC3(C2)CC(F)(F)C3)c(F)c1. The number of rotatable bonds is 3. The first kappa shape index (κ1) is 14.4. The normalized spacial score (nSPS) is 22.5. The fraction of sp³-hybridized carbons (Fsp3) is 0.533. The molecule has 21 heavy (non-hydrogen) atoms. The van der Waals surface area contributed by atoms with E-state index in [9.17, 15) is 18.0 Å². The van der Waals surface area contributed by atoms with Crippen LogP contribution in [0, 0.1) is 11.2 Å². The summed E-state index contributed by atoms with van der Waals surface area (Å²) in [4.78, 5) is 13.2. The number of halogens is 3. The lowest BCUT2D eigenvalue weighted by Crippen LogP contribution is -2.65. The predicted molar refractivity (Wildman–Crippen MR) is 69.6 cm³/mol. The van der Waals surface area contributed by atoms with E-state index in [0.717, 1.165) is 6.07 Å². The quantitative estimate of drug-likeness (QED) is 0.804. The zero-order valence-electron chi connectivity index (χ0n) is 11.7. The van der Waals surface area contributed by atoms with Gasteiger partial charge < -0.3 is 4.74 Å². The summed E-state index contributed by atoms with van der Waals surface area (Å²) in [6.07, 6.45) is -0.111. The first-order valence-electron chi connectivity index (χ1n) is 6.80. The van der Waals surface area contributed by atoms with Gasteiger partial charge in [-0.2, -0.15) is 0 Å². The molecule has 1 spiro atoms. The number of hydrogen-bond donors (Lipinski definition) is 0. The van der Waals surface area contributed by atoms with Crippen LogP contribution in [0.25, 0.3) is 0 Å². The second kappa shape index (κ2) is 4.73. The van der Waals surface area contributed by atoms with E-state index < -0.39 is 17.7 Å². The Morgan fingerprint density at radius 2 is 2.00 bits per heavy atom. The minimum Gasteiger partial charge on any atom is -0.465 e. The summed E-state index contributed by atoms with van der Waals surface area (Å²) < 4.78 is 44.3. The third kappa shape index (κ3) is 2.64. The summed E-state index contributed by atoms with van der Waals surface area (Å²) in [6, 6.07) is 4.20. The van der Waals surface area contributed by atoms with E-state index in [-0.39, 0.29) is 23.8 Å². The van der Waals surface area contributed by atoms with E-state index in [1.165, 1.54) is 13.2 Å². The van der Waals surface area contributed by atoms with Crippen molar-refractivity contribution >= 4 is 5.97 Å². The highest BCUT2D eigenvalue weighted by Gasteiger charge is 2.61. The average Bonchev–Trinajstić information content (AvgIpc) is 2.35. The Bertz CT molecular complexity index is 572. The molecule has 0 N–H and O–H groups in total. The summed E-state index contributed by atoms with van der Waals surface area (Å²) in [5.41, 5.74) is 0.368. The largest absolute Gasteiger partial charge is 0.465 e. The van der Waals surface area contributed by atoms with Gasteiger partial charge in [-0.05, 0) is 12.1 Å². The van der Waals surface area contributed by atoms with E-state index in [0.29, 0.717) is 25.2 Å². The molecule has 114 valence electrons. The van der Waals surface area contributed by atoms with Gasteiger partial charge >= 0.3 is 5.97 Å². The lowest BCUT2D eigenvalue weighted by Gasteiger charge is -2.58. The van der Waals surface area contributed by atoms with Crippen molar-refractivity contribution in [2.45, 2.75) is 25.3 Å². The zero-order valence-corrected chi connectivity index (χ0v) is 11.7. The number of methoxy groups -OCH3 is 1. The van der Waals surface area contributed by atoms with Crippen LogP contribution in [0.5, 0.6) is 0 Å². The number of benzene rings is 1. The fourth-order valence-corrected chi connectivity index (χ4v) is 3.44. The summed E-state index contributed by atoms with van der Waals surface area (Å²) in [5, 5.41) is 0. The molecule has 2 aliphatic rings. The number of likely N-dealkylation sites (tertiary alicyclic amines) is 1. The standard InChI is InChI=1S/C15H16F3NO2/c1-21-13(20)10-2-3-11(12(16)4-10)5-19-8-14(9-19)6-15(17,18)7-14/h2-4H,5-9H2,1H3. The number of carbonyl (C=O) groups is 1. The minimum absolute atomic E-state index is 0.0553. The van der Waals surface area contributed by atoms with Crippen LogP contribution < -0.4 is 0 Å². The number of nitrogens with zero attached hydrogens (tertiary/aromatic N) is 1. The topological polar surface area (TPSA) is 29.5 Å². The fourth-order valence-electron chi connectivity index (χ4n) is 3.44. The van der Waals surface area contributed by atoms with Gasteiger partial charge in [-0.3, -0.25) is 4.90 Å². The molecular formula is C15H16F3NO2. The lowest BCUT2D eigenvalue weighted by atomic mass is 9.61. The molecule has 6 heteroatoms. The molecular weight excluding hydrogens is 283 g/mol. The molecule has 0 atom stereocenters. The molecule has 2 fully saturated rings. The van der Waals surface area contributed by atoms with Crippen molar-refractivity contribution in [1.82, 2.24) is 4.90 Å². The lowest BCUT2D eigenvalue weighted by molar-refractivity contribution is -0.215. The highest BCUT2D eigenvalue weighted by Crippen LogP contribution is 2.56. The van der Waals surface area contributed by atoms with Crippen LogP contribution in [0.2, 0.25) is 0 Å². The van der Waals surface area contributed by atoms with Crippen LogP contribution in [-0.2, 0) is 11.3 Å². The van der Waals surface area contributed by atoms with Crippen LogP contribution in [-0.4, -0.2) is 37.0 Å². The second-order valence-electron chi connectivity index (χ2n) is 6.15. The van der Waals surface area contributed by atoms with Gasteiger partial charge in [-0.25, -0.2) is 18.0 Å². The second-order valence-corrected chi connectivity index (χ2v) is 6.15. The maximum atomic E-state index is 13.9. The number of hydrogen-bond acceptors (Lipinski definition) is 3. The number of ether oxygens (including phenoxy) is 1. The van der Waals surface area contributed by atoms with Crippen molar-refractivity contribution in [3.05, 3.63) is 35.1 Å². The number of carbonyl (C=O) groups excluding carboxylic acids is 1. The van der Waals surface area contributed by atoms with E-state index in [2.05, 4.69) is 4.74 Å². The molecule has 1 heterocycles. The van der Waals surface area contributed by atoms with E-state index in [1.54, 1.807) is 6.07 Å². The van der Waals surface area contributed by atoms with Crippen molar-refractivity contribution in [1.29, 1.82) is 0 Å². The van der Waals surface area contributed by atoms with Crippen molar-refractivity contribution in [2.24, 2.45) is 5.41 Å². The molecule has 0 unspecified atom stereocenters. The molecule has 1 aliphatic heterocycles. The first-order chi connectivity index (χ1) is 9.82. The Hall–Kier alpha value is -1.56. The number of esters is 1. The Morgan fingerprint density at radius 1 is 1.33 bits per heavy atom. The molecule has 3 rings (SSSR count). The van der Waals surface area contributed by atoms with Crippen LogP contribution in [0.4, 0.5) is 13.2 Å². The van der Waals surface area contributed by atoms with Crippen LogP contribution in [0.1, 0.15) is 28.8 Å². The van der Waals surface area contributed by atoms with Gasteiger partial charge in [0.2, 0.25) is 5.92 Å². The summed E-state index contributed by atoms with van der Waals surface area (Å²) in [5.74, 6) is -3.57. The maximum Gasteiger partial charge on any atom is 0.337 e. The average molecular weight is 299 g/mol. The first-order valence-corrected chi connectivity index (χ1v) is 6.80. The Morgan fingerprint density at radius 3 is 2.52 bits per heavy atom. The Labute approximate surface area is 120 Å². The summed E-state index contributed by atoms with van der Waals surface area (Å²) in [6.45, 7) is 1.54. The van der Waals surface area contributed by atoms with Crippen molar-refractivity contribution in [3.63, 3.8) is 0 Å². The number of alkyl halides is 2. The van der Waals surface area contributed by atoms with Crippen LogP contribution in [0.15, 0.2) is 18.2 Å². The maximum absolute atomic E-state index is 13.9. The van der Waals surface area contributed by atoms with Gasteiger partial charge in [0, 0.05) is 43.5 Å². The minimum atomic E-state index is -2.51. The Kier molecular flexibility index (Phi) is 3.24. The van der Waals surface area contributed by atoms with Gasteiger partial charge in [0.05, 0.1) is 12.7 Å². The molecule has 0 radical (unpaired) electrons. The molecule has 0 amide bonds. The molecule has 0 bridgehead atoms. The third-order valence-corrected chi connectivity index (χ3v) is 4.25. The molecule has 3 nitrogen and oxygen atoms in total. The smallest absolute Gasteiger partial charge is 0.337 e. The highest BCUT2D eigenvalue weighted by atomic mass is 19.3. The van der Waals surface area contributed by atoms with Crippen LogP contribution in [0.3, 0.4) is 0 Å². The molecule has 1 aromatic rings. The van der Waals surface area contributed by atoms with E-state index >= 15 is 0 Å². The molecule has 0 aromatic heterocycles. The van der Waals surface area contributed by atoms with Crippen molar-refractivity contribution in [3.8, 4) is 0 Å². The Balaban J connectivity index is 1.59. The molecule has 1 aromatic carbocycles. The van der Waals surface area contributed by atoms with Crippen molar-refractivity contribution in [2.75, 3.05) is 20.2 Å². The zero-order chi connectivity index (χ0) is 15.3. The van der Waals surface area contributed by atoms with Crippen LogP contribution >= 0.6 is 0 Å². The molecule has 1 saturated carbocycles. The summed E-state index contributed by atoms with van der Waals surface area (Å²) >= 11 is 0. The van der Waals surface area contributed by atoms with E-state index in [4.69, 9.17) is 0 Å². The van der Waals surface area contributed by atoms with Gasteiger partial charge in [-0.15, -0.1) is 0 Å².